The normalized spacial score (nSPS) is 10.6. The molecule has 0 aliphatic rings. The summed E-state index contributed by atoms with van der Waals surface area (Å²) in [7, 11) is 0. The maximum atomic E-state index is 11.8. The highest BCUT2D eigenvalue weighted by molar-refractivity contribution is 5.94. The third kappa shape index (κ3) is 3.81. The Morgan fingerprint density at radius 1 is 1.25 bits per heavy atom. The summed E-state index contributed by atoms with van der Waals surface area (Å²) in [5, 5.41) is 14.9. The number of amides is 1. The van der Waals surface area contributed by atoms with Gasteiger partial charge in [0.05, 0.1) is 6.54 Å². The van der Waals surface area contributed by atoms with Gasteiger partial charge in [-0.3, -0.25) is 4.79 Å². The Balaban J connectivity index is 1.95. The van der Waals surface area contributed by atoms with Crippen molar-refractivity contribution in [2.75, 3.05) is 0 Å². The first-order valence-corrected chi connectivity index (χ1v) is 5.83. The minimum atomic E-state index is -1.01. The van der Waals surface area contributed by atoms with Gasteiger partial charge < -0.3 is 14.9 Å². The fourth-order valence-corrected chi connectivity index (χ4v) is 1.51. The summed E-state index contributed by atoms with van der Waals surface area (Å²) < 4.78 is 4.66. The van der Waals surface area contributed by atoms with Crippen molar-refractivity contribution in [2.24, 2.45) is 0 Å². The number of hydrogen-bond donors (Lipinski definition) is 2. The molecule has 20 heavy (non-hydrogen) atoms. The Bertz CT molecular complexity index is 615. The number of carbonyl (C=O) groups excluding carboxylic acids is 1. The van der Waals surface area contributed by atoms with Gasteiger partial charge in [-0.25, -0.2) is 4.79 Å². The van der Waals surface area contributed by atoms with Gasteiger partial charge >= 0.3 is 5.97 Å². The second-order valence-corrected chi connectivity index (χ2v) is 3.97. The summed E-state index contributed by atoms with van der Waals surface area (Å²) in [6.07, 6.45) is 3.93. The molecule has 0 aliphatic carbocycles. The Labute approximate surface area is 114 Å². The van der Waals surface area contributed by atoms with Crippen molar-refractivity contribution in [3.63, 3.8) is 0 Å². The van der Waals surface area contributed by atoms with Crippen molar-refractivity contribution in [1.29, 1.82) is 0 Å². The first kappa shape index (κ1) is 13.5. The predicted molar refractivity (Wildman–Crippen MR) is 70.8 cm³/mol. The van der Waals surface area contributed by atoms with Gasteiger partial charge in [-0.1, -0.05) is 17.3 Å². The standard InChI is InChI=1S/C14H12N2O4/c17-13(18)6-3-10-1-4-11(5-2-10)14(19)15-9-12-7-8-20-16-12/h1-8H,9H2,(H,15,19)(H,17,18)/b6-3+. The fourth-order valence-electron chi connectivity index (χ4n) is 1.51. The van der Waals surface area contributed by atoms with E-state index in [2.05, 4.69) is 15.0 Å². The third-order valence-electron chi connectivity index (χ3n) is 2.51. The van der Waals surface area contributed by atoms with Crippen LogP contribution in [0.15, 0.2) is 47.2 Å². The number of hydrogen-bond acceptors (Lipinski definition) is 4. The van der Waals surface area contributed by atoms with E-state index >= 15 is 0 Å². The molecule has 0 bridgehead atoms. The van der Waals surface area contributed by atoms with Crippen molar-refractivity contribution in [2.45, 2.75) is 6.54 Å². The first-order chi connectivity index (χ1) is 9.65. The van der Waals surface area contributed by atoms with Gasteiger partial charge in [-0.15, -0.1) is 0 Å². The molecule has 2 N–H and O–H groups in total. The van der Waals surface area contributed by atoms with Crippen molar-refractivity contribution in [3.8, 4) is 0 Å². The molecule has 0 saturated heterocycles. The SMILES string of the molecule is O=C(O)/C=C/c1ccc(C(=O)NCc2ccon2)cc1. The van der Waals surface area contributed by atoms with Crippen LogP contribution < -0.4 is 5.32 Å². The lowest BCUT2D eigenvalue weighted by molar-refractivity contribution is -0.131. The third-order valence-corrected chi connectivity index (χ3v) is 2.51. The molecule has 1 heterocycles. The summed E-state index contributed by atoms with van der Waals surface area (Å²) in [5.41, 5.74) is 1.83. The van der Waals surface area contributed by atoms with E-state index in [1.54, 1.807) is 30.3 Å². The zero-order valence-electron chi connectivity index (χ0n) is 10.4. The highest BCUT2D eigenvalue weighted by Gasteiger charge is 2.05. The molecular formula is C14H12N2O4. The monoisotopic (exact) mass is 272 g/mol. The second-order valence-electron chi connectivity index (χ2n) is 3.97. The zero-order chi connectivity index (χ0) is 14.4. The number of carboxylic acid groups (broad SMARTS) is 1. The maximum Gasteiger partial charge on any atom is 0.328 e. The smallest absolute Gasteiger partial charge is 0.328 e. The lowest BCUT2D eigenvalue weighted by Gasteiger charge is -2.03. The van der Waals surface area contributed by atoms with Gasteiger partial charge in [0.15, 0.2) is 0 Å². The van der Waals surface area contributed by atoms with Crippen LogP contribution in [0.2, 0.25) is 0 Å². The van der Waals surface area contributed by atoms with Crippen LogP contribution in [0.1, 0.15) is 21.6 Å². The molecular weight excluding hydrogens is 260 g/mol. The Morgan fingerprint density at radius 3 is 2.60 bits per heavy atom. The molecule has 6 heteroatoms. The van der Waals surface area contributed by atoms with Gasteiger partial charge in [0.25, 0.3) is 5.91 Å². The molecule has 102 valence electrons. The Hall–Kier alpha value is -2.89. The minimum absolute atomic E-state index is 0.234. The number of carboxylic acids is 1. The number of nitrogens with one attached hydrogen (secondary N) is 1. The van der Waals surface area contributed by atoms with Crippen LogP contribution in [-0.2, 0) is 11.3 Å². The minimum Gasteiger partial charge on any atom is -0.478 e. The van der Waals surface area contributed by atoms with Gasteiger partial charge in [0, 0.05) is 17.7 Å². The molecule has 0 atom stereocenters. The predicted octanol–water partition coefficient (Wildman–Crippen LogP) is 1.70. The van der Waals surface area contributed by atoms with Crippen LogP contribution in [0.3, 0.4) is 0 Å². The molecule has 2 rings (SSSR count). The van der Waals surface area contributed by atoms with Gasteiger partial charge in [-0.2, -0.15) is 0 Å². The van der Waals surface area contributed by atoms with E-state index in [0.717, 1.165) is 6.08 Å². The van der Waals surface area contributed by atoms with E-state index in [0.29, 0.717) is 16.8 Å². The Kier molecular flexibility index (Phi) is 4.28. The Morgan fingerprint density at radius 2 is 2.00 bits per heavy atom. The number of benzene rings is 1. The maximum absolute atomic E-state index is 11.8. The lowest BCUT2D eigenvalue weighted by atomic mass is 10.1. The number of rotatable bonds is 5. The molecule has 6 nitrogen and oxygen atoms in total. The van der Waals surface area contributed by atoms with Crippen molar-refractivity contribution in [1.82, 2.24) is 10.5 Å². The molecule has 0 unspecified atom stereocenters. The summed E-state index contributed by atoms with van der Waals surface area (Å²) in [4.78, 5) is 22.2. The summed E-state index contributed by atoms with van der Waals surface area (Å²) in [5.74, 6) is -1.25. The molecule has 0 radical (unpaired) electrons. The molecule has 1 aromatic carbocycles. The van der Waals surface area contributed by atoms with E-state index in [9.17, 15) is 9.59 Å². The number of nitrogens with zero attached hydrogens (tertiary/aromatic N) is 1. The van der Waals surface area contributed by atoms with E-state index < -0.39 is 5.97 Å². The second kappa shape index (κ2) is 6.33. The molecule has 0 spiro atoms. The summed E-state index contributed by atoms with van der Waals surface area (Å²) >= 11 is 0. The average Bonchev–Trinajstić information content (AvgIpc) is 2.96. The highest BCUT2D eigenvalue weighted by atomic mass is 16.5. The van der Waals surface area contributed by atoms with E-state index in [1.807, 2.05) is 0 Å². The van der Waals surface area contributed by atoms with Crippen LogP contribution in [0.25, 0.3) is 6.08 Å². The van der Waals surface area contributed by atoms with E-state index in [1.165, 1.54) is 12.3 Å². The van der Waals surface area contributed by atoms with Crippen molar-refractivity contribution < 1.29 is 19.2 Å². The van der Waals surface area contributed by atoms with Crippen LogP contribution in [0, 0.1) is 0 Å². The van der Waals surface area contributed by atoms with Crippen LogP contribution in [-0.4, -0.2) is 22.1 Å². The fraction of sp³-hybridized carbons (Fsp3) is 0.0714. The highest BCUT2D eigenvalue weighted by Crippen LogP contribution is 2.06. The molecule has 0 saturated carbocycles. The van der Waals surface area contributed by atoms with Gasteiger partial charge in [-0.05, 0) is 23.8 Å². The van der Waals surface area contributed by atoms with Gasteiger partial charge in [0.1, 0.15) is 12.0 Å². The van der Waals surface area contributed by atoms with Crippen LogP contribution in [0.4, 0.5) is 0 Å². The number of aromatic nitrogens is 1. The van der Waals surface area contributed by atoms with Crippen molar-refractivity contribution >= 4 is 18.0 Å². The summed E-state index contributed by atoms with van der Waals surface area (Å²) in [6.45, 7) is 0.288. The number of carbonyl (C=O) groups is 2. The lowest BCUT2D eigenvalue weighted by Crippen LogP contribution is -2.22. The summed E-state index contributed by atoms with van der Waals surface area (Å²) in [6, 6.07) is 8.26. The number of aliphatic carboxylic acids is 1. The zero-order valence-corrected chi connectivity index (χ0v) is 10.4. The quantitative estimate of drug-likeness (QED) is 0.808. The van der Waals surface area contributed by atoms with Crippen LogP contribution >= 0.6 is 0 Å². The van der Waals surface area contributed by atoms with E-state index in [4.69, 9.17) is 5.11 Å². The first-order valence-electron chi connectivity index (χ1n) is 5.83. The molecule has 2 aromatic rings. The topological polar surface area (TPSA) is 92.4 Å². The van der Waals surface area contributed by atoms with Gasteiger partial charge in [0.2, 0.25) is 0 Å². The average molecular weight is 272 g/mol. The molecule has 1 aromatic heterocycles. The largest absolute Gasteiger partial charge is 0.478 e. The van der Waals surface area contributed by atoms with Crippen molar-refractivity contribution in [3.05, 3.63) is 59.5 Å². The molecule has 0 aliphatic heterocycles. The molecule has 1 amide bonds. The van der Waals surface area contributed by atoms with E-state index in [-0.39, 0.29) is 12.5 Å². The van der Waals surface area contributed by atoms with Crippen LogP contribution in [0.5, 0.6) is 0 Å². The molecule has 0 fully saturated rings.